The maximum absolute atomic E-state index is 10.8. The van der Waals surface area contributed by atoms with Gasteiger partial charge in [0, 0.05) is 6.42 Å². The molecule has 0 fully saturated rings. The molecular formula is C13H25NO2. The number of esters is 1. The molecule has 2 N–H and O–H groups in total. The first-order valence-corrected chi connectivity index (χ1v) is 6.23. The Bertz CT molecular complexity index is 190. The standard InChI is InChI=1S/C13H25NO2/c1-16-13(15)11-9-7-5-3-2-4-6-8-10-12-14/h6,8H,2-5,7,9-12,14H2,1H3. The number of methoxy groups -OCH3 is 1. The minimum absolute atomic E-state index is 0.0929. The number of carbonyl (C=O) groups excluding carboxylic acids is 1. The number of nitrogens with two attached hydrogens (primary N) is 1. The van der Waals surface area contributed by atoms with E-state index >= 15 is 0 Å². The zero-order chi connectivity index (χ0) is 12.1. The minimum atomic E-state index is -0.0929. The van der Waals surface area contributed by atoms with E-state index in [-0.39, 0.29) is 5.97 Å². The second-order valence-corrected chi connectivity index (χ2v) is 3.93. The lowest BCUT2D eigenvalue weighted by atomic mass is 10.1. The van der Waals surface area contributed by atoms with Gasteiger partial charge in [-0.2, -0.15) is 0 Å². The third-order valence-electron chi connectivity index (χ3n) is 2.48. The van der Waals surface area contributed by atoms with Gasteiger partial charge in [0.2, 0.25) is 0 Å². The molecule has 0 atom stereocenters. The van der Waals surface area contributed by atoms with Crippen LogP contribution in [-0.2, 0) is 9.53 Å². The van der Waals surface area contributed by atoms with Gasteiger partial charge in [-0.25, -0.2) is 0 Å². The molecule has 0 spiro atoms. The van der Waals surface area contributed by atoms with E-state index in [1.54, 1.807) is 0 Å². The molecule has 0 aliphatic rings. The van der Waals surface area contributed by atoms with Gasteiger partial charge in [0.05, 0.1) is 7.11 Å². The van der Waals surface area contributed by atoms with Crippen LogP contribution in [0.2, 0.25) is 0 Å². The molecule has 0 aromatic rings. The molecular weight excluding hydrogens is 202 g/mol. The van der Waals surface area contributed by atoms with Crippen LogP contribution in [-0.4, -0.2) is 19.6 Å². The van der Waals surface area contributed by atoms with Gasteiger partial charge in [0.25, 0.3) is 0 Å². The van der Waals surface area contributed by atoms with Gasteiger partial charge < -0.3 is 10.5 Å². The van der Waals surface area contributed by atoms with Crippen LogP contribution in [0.5, 0.6) is 0 Å². The topological polar surface area (TPSA) is 52.3 Å². The molecule has 0 aliphatic heterocycles. The molecule has 0 aliphatic carbocycles. The number of rotatable bonds is 10. The van der Waals surface area contributed by atoms with Gasteiger partial charge >= 0.3 is 5.97 Å². The summed E-state index contributed by atoms with van der Waals surface area (Å²) in [6.45, 7) is 0.740. The van der Waals surface area contributed by atoms with Crippen molar-refractivity contribution in [3.63, 3.8) is 0 Å². The third-order valence-corrected chi connectivity index (χ3v) is 2.48. The number of carbonyl (C=O) groups is 1. The van der Waals surface area contributed by atoms with Crippen LogP contribution in [0.25, 0.3) is 0 Å². The van der Waals surface area contributed by atoms with Gasteiger partial charge in [0.15, 0.2) is 0 Å². The first-order valence-electron chi connectivity index (χ1n) is 6.23. The average Bonchev–Trinajstić information content (AvgIpc) is 2.31. The van der Waals surface area contributed by atoms with E-state index in [1.165, 1.54) is 26.4 Å². The van der Waals surface area contributed by atoms with Crippen molar-refractivity contribution >= 4 is 5.97 Å². The fourth-order valence-electron chi connectivity index (χ4n) is 1.50. The van der Waals surface area contributed by atoms with Crippen molar-refractivity contribution in [1.29, 1.82) is 0 Å². The Morgan fingerprint density at radius 3 is 2.38 bits per heavy atom. The van der Waals surface area contributed by atoms with Crippen LogP contribution in [0.3, 0.4) is 0 Å². The third kappa shape index (κ3) is 11.2. The van der Waals surface area contributed by atoms with Crippen LogP contribution < -0.4 is 5.73 Å². The average molecular weight is 227 g/mol. The lowest BCUT2D eigenvalue weighted by Crippen LogP contribution is -1.99. The summed E-state index contributed by atoms with van der Waals surface area (Å²) in [5, 5.41) is 0. The summed E-state index contributed by atoms with van der Waals surface area (Å²) in [7, 11) is 1.44. The lowest BCUT2D eigenvalue weighted by Gasteiger charge is -1.99. The highest BCUT2D eigenvalue weighted by atomic mass is 16.5. The van der Waals surface area contributed by atoms with Crippen LogP contribution in [0.4, 0.5) is 0 Å². The minimum Gasteiger partial charge on any atom is -0.469 e. The quantitative estimate of drug-likeness (QED) is 0.355. The number of hydrogen-bond donors (Lipinski definition) is 1. The summed E-state index contributed by atoms with van der Waals surface area (Å²) < 4.78 is 4.57. The number of allylic oxidation sites excluding steroid dienone is 1. The molecule has 94 valence electrons. The zero-order valence-corrected chi connectivity index (χ0v) is 10.4. The molecule has 3 nitrogen and oxygen atoms in total. The highest BCUT2D eigenvalue weighted by molar-refractivity contribution is 5.68. The monoisotopic (exact) mass is 227 g/mol. The van der Waals surface area contributed by atoms with Crippen molar-refractivity contribution in [1.82, 2.24) is 0 Å². The zero-order valence-electron chi connectivity index (χ0n) is 10.4. The van der Waals surface area contributed by atoms with Crippen molar-refractivity contribution in [3.8, 4) is 0 Å². The van der Waals surface area contributed by atoms with E-state index in [2.05, 4.69) is 16.9 Å². The summed E-state index contributed by atoms with van der Waals surface area (Å²) in [5.74, 6) is -0.0929. The smallest absolute Gasteiger partial charge is 0.305 e. The van der Waals surface area contributed by atoms with Gasteiger partial charge in [-0.05, 0) is 32.2 Å². The van der Waals surface area contributed by atoms with Crippen LogP contribution in [0.15, 0.2) is 12.2 Å². The molecule has 0 rings (SSSR count). The normalized spacial score (nSPS) is 10.9. The number of hydrogen-bond acceptors (Lipinski definition) is 3. The Balaban J connectivity index is 3.07. The Morgan fingerprint density at radius 1 is 1.06 bits per heavy atom. The first-order chi connectivity index (χ1) is 7.81. The Morgan fingerprint density at radius 2 is 1.69 bits per heavy atom. The second kappa shape index (κ2) is 12.2. The summed E-state index contributed by atoms with van der Waals surface area (Å²) in [6, 6.07) is 0. The predicted octanol–water partition coefficient (Wildman–Crippen LogP) is 2.80. The molecule has 0 bridgehead atoms. The lowest BCUT2D eigenvalue weighted by molar-refractivity contribution is -0.140. The van der Waals surface area contributed by atoms with E-state index in [1.807, 2.05) is 0 Å². The molecule has 0 saturated heterocycles. The maximum Gasteiger partial charge on any atom is 0.305 e. The van der Waals surface area contributed by atoms with Crippen molar-refractivity contribution in [2.45, 2.75) is 51.4 Å². The summed E-state index contributed by atoms with van der Waals surface area (Å²) >= 11 is 0. The summed E-state index contributed by atoms with van der Waals surface area (Å²) in [4.78, 5) is 10.8. The molecule has 16 heavy (non-hydrogen) atoms. The fourth-order valence-corrected chi connectivity index (χ4v) is 1.50. The molecule has 0 amide bonds. The van der Waals surface area contributed by atoms with Crippen LogP contribution in [0.1, 0.15) is 51.4 Å². The predicted molar refractivity (Wildman–Crippen MR) is 67.1 cm³/mol. The molecule has 0 radical (unpaired) electrons. The molecule has 0 heterocycles. The SMILES string of the molecule is COC(=O)CCCCCCCC=CCCN. The van der Waals surface area contributed by atoms with Crippen molar-refractivity contribution in [2.24, 2.45) is 5.73 Å². The van der Waals surface area contributed by atoms with E-state index in [0.717, 1.165) is 32.2 Å². The highest BCUT2D eigenvalue weighted by Gasteiger charge is 1.98. The summed E-state index contributed by atoms with van der Waals surface area (Å²) in [5.41, 5.74) is 5.37. The fraction of sp³-hybridized carbons (Fsp3) is 0.769. The van der Waals surface area contributed by atoms with E-state index in [4.69, 9.17) is 5.73 Å². The highest BCUT2D eigenvalue weighted by Crippen LogP contribution is 2.08. The largest absolute Gasteiger partial charge is 0.469 e. The van der Waals surface area contributed by atoms with Gasteiger partial charge in [-0.15, -0.1) is 0 Å². The Labute approximate surface area is 99.0 Å². The van der Waals surface area contributed by atoms with Crippen LogP contribution >= 0.6 is 0 Å². The van der Waals surface area contributed by atoms with Crippen molar-refractivity contribution in [3.05, 3.63) is 12.2 Å². The van der Waals surface area contributed by atoms with Gasteiger partial charge in [0.1, 0.15) is 0 Å². The van der Waals surface area contributed by atoms with E-state index in [9.17, 15) is 4.79 Å². The molecule has 0 saturated carbocycles. The second-order valence-electron chi connectivity index (χ2n) is 3.93. The molecule has 0 aromatic carbocycles. The summed E-state index contributed by atoms with van der Waals surface area (Å²) in [6.07, 6.45) is 12.8. The number of ether oxygens (including phenoxy) is 1. The Hall–Kier alpha value is -0.830. The van der Waals surface area contributed by atoms with Crippen molar-refractivity contribution < 1.29 is 9.53 Å². The van der Waals surface area contributed by atoms with Gasteiger partial charge in [-0.3, -0.25) is 4.79 Å². The van der Waals surface area contributed by atoms with E-state index < -0.39 is 0 Å². The van der Waals surface area contributed by atoms with E-state index in [0.29, 0.717) is 6.42 Å². The molecule has 0 aromatic heterocycles. The maximum atomic E-state index is 10.8. The van der Waals surface area contributed by atoms with Crippen molar-refractivity contribution in [2.75, 3.05) is 13.7 Å². The molecule has 0 unspecified atom stereocenters. The van der Waals surface area contributed by atoms with Crippen LogP contribution in [0, 0.1) is 0 Å². The first kappa shape index (κ1) is 15.2. The Kier molecular flexibility index (Phi) is 11.6. The molecule has 3 heteroatoms. The van der Waals surface area contributed by atoms with Gasteiger partial charge in [-0.1, -0.05) is 31.4 Å². The number of unbranched alkanes of at least 4 members (excludes halogenated alkanes) is 5.